The summed E-state index contributed by atoms with van der Waals surface area (Å²) in [6, 6.07) is 5.53. The number of carbonyl (C=O) groups is 1. The van der Waals surface area contributed by atoms with Gasteiger partial charge in [-0.1, -0.05) is 17.4 Å². The number of hydrogen-bond acceptors (Lipinski definition) is 8. The Labute approximate surface area is 151 Å². The van der Waals surface area contributed by atoms with E-state index in [1.54, 1.807) is 11.7 Å². The highest BCUT2D eigenvalue weighted by Gasteiger charge is 2.25. The number of carbonyl (C=O) groups excluding carboxylic acids is 1. The molecule has 1 aromatic carbocycles. The molecule has 0 unspecified atom stereocenters. The number of aryl methyl sites for hydroxylation is 1. The van der Waals surface area contributed by atoms with Crippen molar-refractivity contribution < 1.29 is 9.53 Å². The largest absolute Gasteiger partial charge is 0.497 e. The molecule has 3 aromatic heterocycles. The van der Waals surface area contributed by atoms with Crippen LogP contribution in [0.3, 0.4) is 0 Å². The second-order valence-electron chi connectivity index (χ2n) is 5.69. The lowest BCUT2D eigenvalue weighted by Crippen LogP contribution is -2.14. The second-order valence-corrected chi connectivity index (χ2v) is 6.70. The van der Waals surface area contributed by atoms with Gasteiger partial charge in [-0.15, -0.1) is 0 Å². The van der Waals surface area contributed by atoms with E-state index in [1.165, 1.54) is 11.3 Å². The molecular weight excluding hydrogens is 354 g/mol. The number of primary amides is 1. The standard InChI is InChI=1S/C16H15N7O2S/c1-6-3-4-7(25-2)5-8(6)23-11(17)9(12(18)24)10-14(23)22-15-13(20-10)21-16(19)26-15/h3-5H,17H2,1-2H3,(H2,18,24)(H2,19,20,21). The van der Waals surface area contributed by atoms with Crippen molar-refractivity contribution in [1.82, 2.24) is 19.5 Å². The summed E-state index contributed by atoms with van der Waals surface area (Å²) in [4.78, 5) is 25.7. The summed E-state index contributed by atoms with van der Waals surface area (Å²) < 4.78 is 6.95. The maximum absolute atomic E-state index is 12.0. The maximum Gasteiger partial charge on any atom is 0.254 e. The first-order valence-corrected chi connectivity index (χ1v) is 8.41. The van der Waals surface area contributed by atoms with Crippen LogP contribution in [0.5, 0.6) is 5.75 Å². The van der Waals surface area contributed by atoms with E-state index in [4.69, 9.17) is 21.9 Å². The molecule has 0 bridgehead atoms. The Morgan fingerprint density at radius 2 is 2.00 bits per heavy atom. The number of nitrogen functional groups attached to an aromatic ring is 2. The number of rotatable bonds is 3. The van der Waals surface area contributed by atoms with Crippen LogP contribution in [0.2, 0.25) is 0 Å². The lowest BCUT2D eigenvalue weighted by molar-refractivity contribution is 0.100. The summed E-state index contributed by atoms with van der Waals surface area (Å²) in [6.45, 7) is 1.92. The van der Waals surface area contributed by atoms with Gasteiger partial charge in [-0.25, -0.2) is 9.97 Å². The van der Waals surface area contributed by atoms with Crippen molar-refractivity contribution in [2.24, 2.45) is 5.73 Å². The van der Waals surface area contributed by atoms with E-state index in [0.29, 0.717) is 32.7 Å². The van der Waals surface area contributed by atoms with E-state index in [1.807, 2.05) is 25.1 Å². The molecule has 0 fully saturated rings. The van der Waals surface area contributed by atoms with Crippen molar-refractivity contribution >= 4 is 49.8 Å². The van der Waals surface area contributed by atoms with E-state index in [9.17, 15) is 4.79 Å². The summed E-state index contributed by atoms with van der Waals surface area (Å²) in [6.07, 6.45) is 0. The van der Waals surface area contributed by atoms with Crippen LogP contribution in [0.25, 0.3) is 27.3 Å². The fourth-order valence-corrected chi connectivity index (χ4v) is 3.53. The van der Waals surface area contributed by atoms with Gasteiger partial charge in [-0.05, 0) is 18.6 Å². The van der Waals surface area contributed by atoms with E-state index >= 15 is 0 Å². The van der Waals surface area contributed by atoms with E-state index < -0.39 is 5.91 Å². The lowest BCUT2D eigenvalue weighted by Gasteiger charge is -2.12. The predicted octanol–water partition coefficient (Wildman–Crippen LogP) is 1.61. The number of benzene rings is 1. The first-order valence-electron chi connectivity index (χ1n) is 7.59. The molecule has 0 radical (unpaired) electrons. The van der Waals surface area contributed by atoms with Crippen LogP contribution in [-0.2, 0) is 0 Å². The zero-order valence-corrected chi connectivity index (χ0v) is 14.8. The van der Waals surface area contributed by atoms with Crippen LogP contribution in [0.4, 0.5) is 10.9 Å². The van der Waals surface area contributed by atoms with Gasteiger partial charge in [0.1, 0.15) is 22.6 Å². The molecule has 4 aromatic rings. The van der Waals surface area contributed by atoms with Crippen molar-refractivity contribution in [2.45, 2.75) is 6.92 Å². The fourth-order valence-electron chi connectivity index (χ4n) is 2.89. The molecule has 0 atom stereocenters. The van der Waals surface area contributed by atoms with Gasteiger partial charge >= 0.3 is 0 Å². The lowest BCUT2D eigenvalue weighted by atomic mass is 10.2. The van der Waals surface area contributed by atoms with Crippen LogP contribution >= 0.6 is 11.3 Å². The molecule has 10 heteroatoms. The Hall–Kier alpha value is -3.40. The smallest absolute Gasteiger partial charge is 0.254 e. The second kappa shape index (κ2) is 5.56. The number of nitrogens with two attached hydrogens (primary N) is 3. The Morgan fingerprint density at radius 3 is 2.69 bits per heavy atom. The molecule has 0 aliphatic rings. The number of hydrogen-bond donors (Lipinski definition) is 3. The minimum Gasteiger partial charge on any atom is -0.497 e. The Kier molecular flexibility index (Phi) is 3.44. The van der Waals surface area contributed by atoms with Crippen LogP contribution in [-0.4, -0.2) is 32.5 Å². The quantitative estimate of drug-likeness (QED) is 0.497. The number of fused-ring (bicyclic) bond motifs is 2. The first kappa shape index (κ1) is 16.1. The van der Waals surface area contributed by atoms with E-state index in [0.717, 1.165) is 5.56 Å². The van der Waals surface area contributed by atoms with Crippen LogP contribution in [0.15, 0.2) is 18.2 Å². The molecule has 3 heterocycles. The summed E-state index contributed by atoms with van der Waals surface area (Å²) in [5.74, 6) is 0.113. The number of methoxy groups -OCH3 is 1. The van der Waals surface area contributed by atoms with Gasteiger partial charge in [0.2, 0.25) is 0 Å². The van der Waals surface area contributed by atoms with Crippen molar-refractivity contribution in [3.63, 3.8) is 0 Å². The number of thiazole rings is 1. The Bertz CT molecular complexity index is 1190. The van der Waals surface area contributed by atoms with Crippen molar-refractivity contribution in [3.05, 3.63) is 29.3 Å². The molecule has 4 rings (SSSR count). The molecule has 0 saturated heterocycles. The number of amides is 1. The minimum atomic E-state index is -0.691. The predicted molar refractivity (Wildman–Crippen MR) is 101 cm³/mol. The number of anilines is 2. The van der Waals surface area contributed by atoms with Gasteiger partial charge in [-0.3, -0.25) is 9.36 Å². The highest BCUT2D eigenvalue weighted by Crippen LogP contribution is 2.34. The van der Waals surface area contributed by atoms with E-state index in [-0.39, 0.29) is 16.9 Å². The van der Waals surface area contributed by atoms with Gasteiger partial charge in [-0.2, -0.15) is 4.98 Å². The van der Waals surface area contributed by atoms with Crippen LogP contribution in [0.1, 0.15) is 15.9 Å². The topological polar surface area (TPSA) is 148 Å². The number of ether oxygens (including phenoxy) is 1. The normalized spacial score (nSPS) is 11.3. The zero-order valence-electron chi connectivity index (χ0n) is 14.0. The fraction of sp³-hybridized carbons (Fsp3) is 0.125. The molecule has 1 amide bonds. The average Bonchev–Trinajstić information content (AvgIpc) is 3.08. The number of aromatic nitrogens is 4. The Balaban J connectivity index is 2.16. The van der Waals surface area contributed by atoms with Gasteiger partial charge in [0.25, 0.3) is 5.91 Å². The van der Waals surface area contributed by atoms with Crippen LogP contribution < -0.4 is 21.9 Å². The van der Waals surface area contributed by atoms with Gasteiger partial charge in [0, 0.05) is 6.07 Å². The van der Waals surface area contributed by atoms with Gasteiger partial charge in [0.05, 0.1) is 12.8 Å². The third-order valence-electron chi connectivity index (χ3n) is 4.09. The molecule has 132 valence electrons. The summed E-state index contributed by atoms with van der Waals surface area (Å²) in [7, 11) is 1.57. The molecular formula is C16H15N7O2S. The zero-order chi connectivity index (χ0) is 18.6. The molecule has 0 aliphatic carbocycles. The summed E-state index contributed by atoms with van der Waals surface area (Å²) in [5, 5.41) is 0.338. The molecule has 0 saturated carbocycles. The molecule has 6 N–H and O–H groups in total. The number of nitrogens with zero attached hydrogens (tertiary/aromatic N) is 4. The molecule has 0 spiro atoms. The van der Waals surface area contributed by atoms with Gasteiger partial charge < -0.3 is 21.9 Å². The maximum atomic E-state index is 12.0. The molecule has 0 aliphatic heterocycles. The van der Waals surface area contributed by atoms with Crippen molar-refractivity contribution in [3.8, 4) is 11.4 Å². The van der Waals surface area contributed by atoms with E-state index in [2.05, 4.69) is 15.0 Å². The third kappa shape index (κ3) is 2.23. The van der Waals surface area contributed by atoms with Gasteiger partial charge in [0.15, 0.2) is 21.3 Å². The monoisotopic (exact) mass is 369 g/mol. The highest BCUT2D eigenvalue weighted by atomic mass is 32.1. The van der Waals surface area contributed by atoms with Crippen molar-refractivity contribution in [1.29, 1.82) is 0 Å². The average molecular weight is 369 g/mol. The molecule has 26 heavy (non-hydrogen) atoms. The highest BCUT2D eigenvalue weighted by molar-refractivity contribution is 7.21. The van der Waals surface area contributed by atoms with Crippen molar-refractivity contribution in [2.75, 3.05) is 18.6 Å². The van der Waals surface area contributed by atoms with Crippen LogP contribution in [0, 0.1) is 6.92 Å². The minimum absolute atomic E-state index is 0.100. The summed E-state index contributed by atoms with van der Waals surface area (Å²) in [5.41, 5.74) is 20.3. The summed E-state index contributed by atoms with van der Waals surface area (Å²) >= 11 is 1.20. The SMILES string of the molecule is COc1ccc(C)c(-n2c(N)c(C(N)=O)c3nc4nc(N)sc4nc32)c1. The first-order chi connectivity index (χ1) is 12.4. The molecule has 9 nitrogen and oxygen atoms in total. The third-order valence-corrected chi connectivity index (χ3v) is 4.86. The Morgan fingerprint density at radius 1 is 1.23 bits per heavy atom.